The summed E-state index contributed by atoms with van der Waals surface area (Å²) in [5, 5.41) is 3.26. The van der Waals surface area contributed by atoms with Crippen molar-refractivity contribution < 1.29 is 9.13 Å². The third-order valence-corrected chi connectivity index (χ3v) is 2.33. The Labute approximate surface area is 96.8 Å². The van der Waals surface area contributed by atoms with Crippen LogP contribution < -0.4 is 10.1 Å². The highest BCUT2D eigenvalue weighted by Crippen LogP contribution is 2.14. The Morgan fingerprint density at radius 1 is 1.19 bits per heavy atom. The normalized spacial score (nSPS) is 10.4. The molecule has 0 saturated heterocycles. The van der Waals surface area contributed by atoms with Gasteiger partial charge < -0.3 is 10.1 Å². The molecule has 1 aromatic carbocycles. The van der Waals surface area contributed by atoms with Crippen LogP contribution in [0.5, 0.6) is 5.75 Å². The fraction of sp³-hybridized carbons (Fsp3) is 0.538. The van der Waals surface area contributed by atoms with E-state index in [1.807, 2.05) is 0 Å². The summed E-state index contributed by atoms with van der Waals surface area (Å²) in [5.74, 6) is 0.0336. The molecule has 0 amide bonds. The lowest BCUT2D eigenvalue weighted by Crippen LogP contribution is -2.22. The fourth-order valence-corrected chi connectivity index (χ4v) is 1.42. The zero-order chi connectivity index (χ0) is 11.6. The van der Waals surface area contributed by atoms with E-state index in [4.69, 9.17) is 4.74 Å². The number of ether oxygens (including phenoxy) is 1. The van der Waals surface area contributed by atoms with Crippen LogP contribution in [-0.4, -0.2) is 19.7 Å². The highest BCUT2D eigenvalue weighted by Gasteiger charge is 1.99. The molecule has 90 valence electrons. The summed E-state index contributed by atoms with van der Waals surface area (Å²) >= 11 is 0. The van der Waals surface area contributed by atoms with E-state index in [1.54, 1.807) is 18.2 Å². The van der Waals surface area contributed by atoms with Gasteiger partial charge in [0.15, 0.2) is 11.6 Å². The van der Waals surface area contributed by atoms with Crippen LogP contribution in [0.4, 0.5) is 4.39 Å². The maximum Gasteiger partial charge on any atom is 0.165 e. The molecule has 0 fully saturated rings. The van der Waals surface area contributed by atoms with E-state index in [1.165, 1.54) is 25.3 Å². The lowest BCUT2D eigenvalue weighted by atomic mass is 10.2. The molecule has 0 aliphatic heterocycles. The highest BCUT2D eigenvalue weighted by molar-refractivity contribution is 5.23. The Morgan fingerprint density at radius 3 is 2.75 bits per heavy atom. The molecule has 0 atom stereocenters. The molecular formula is C13H20FNO. The number of nitrogens with one attached hydrogen (secondary N) is 1. The molecule has 1 aromatic rings. The quantitative estimate of drug-likeness (QED) is 0.687. The van der Waals surface area contributed by atoms with Crippen molar-refractivity contribution in [3.8, 4) is 5.75 Å². The third-order valence-electron chi connectivity index (χ3n) is 2.33. The van der Waals surface area contributed by atoms with Crippen molar-refractivity contribution in [2.24, 2.45) is 0 Å². The summed E-state index contributed by atoms with van der Waals surface area (Å²) in [6.45, 7) is 4.46. The maximum atomic E-state index is 13.1. The van der Waals surface area contributed by atoms with Gasteiger partial charge in [-0.05, 0) is 25.1 Å². The first-order valence-corrected chi connectivity index (χ1v) is 5.92. The smallest absolute Gasteiger partial charge is 0.165 e. The molecule has 0 radical (unpaired) electrons. The average Bonchev–Trinajstić information content (AvgIpc) is 2.30. The van der Waals surface area contributed by atoms with Gasteiger partial charge in [0.2, 0.25) is 0 Å². The molecule has 0 spiro atoms. The highest BCUT2D eigenvalue weighted by atomic mass is 19.1. The predicted octanol–water partition coefficient (Wildman–Crippen LogP) is 2.98. The Hall–Kier alpha value is -1.09. The van der Waals surface area contributed by atoms with E-state index in [0.29, 0.717) is 12.4 Å². The van der Waals surface area contributed by atoms with Gasteiger partial charge in [0.1, 0.15) is 6.61 Å². The molecule has 16 heavy (non-hydrogen) atoms. The van der Waals surface area contributed by atoms with E-state index in [-0.39, 0.29) is 5.82 Å². The Balaban J connectivity index is 2.05. The van der Waals surface area contributed by atoms with Crippen molar-refractivity contribution in [1.29, 1.82) is 0 Å². The largest absolute Gasteiger partial charge is 0.489 e. The van der Waals surface area contributed by atoms with Crippen LogP contribution >= 0.6 is 0 Å². The first-order valence-electron chi connectivity index (χ1n) is 5.92. The summed E-state index contributed by atoms with van der Waals surface area (Å²) in [4.78, 5) is 0. The van der Waals surface area contributed by atoms with E-state index in [2.05, 4.69) is 12.2 Å². The van der Waals surface area contributed by atoms with Gasteiger partial charge in [-0.1, -0.05) is 31.9 Å². The lowest BCUT2D eigenvalue weighted by Gasteiger charge is -2.07. The van der Waals surface area contributed by atoms with Crippen molar-refractivity contribution in [2.75, 3.05) is 19.7 Å². The minimum atomic E-state index is -0.298. The minimum Gasteiger partial charge on any atom is -0.489 e. The number of para-hydroxylation sites is 1. The second kappa shape index (κ2) is 8.11. The van der Waals surface area contributed by atoms with Crippen molar-refractivity contribution in [3.05, 3.63) is 30.1 Å². The van der Waals surface area contributed by atoms with Crippen LogP contribution in [0.1, 0.15) is 26.2 Å². The fourth-order valence-electron chi connectivity index (χ4n) is 1.42. The molecule has 0 bridgehead atoms. The second-order valence-corrected chi connectivity index (χ2v) is 3.74. The summed E-state index contributed by atoms with van der Waals surface area (Å²) < 4.78 is 18.4. The molecule has 0 aliphatic rings. The molecule has 1 rings (SSSR count). The van der Waals surface area contributed by atoms with Crippen molar-refractivity contribution in [1.82, 2.24) is 5.32 Å². The van der Waals surface area contributed by atoms with Gasteiger partial charge in [0.05, 0.1) is 0 Å². The van der Waals surface area contributed by atoms with Gasteiger partial charge in [-0.3, -0.25) is 0 Å². The van der Waals surface area contributed by atoms with Gasteiger partial charge in [-0.25, -0.2) is 4.39 Å². The monoisotopic (exact) mass is 225 g/mol. The number of rotatable bonds is 8. The molecule has 1 N–H and O–H groups in total. The minimum absolute atomic E-state index is 0.298. The van der Waals surface area contributed by atoms with E-state index in [0.717, 1.165) is 13.1 Å². The summed E-state index contributed by atoms with van der Waals surface area (Å²) in [5.41, 5.74) is 0. The third kappa shape index (κ3) is 5.12. The predicted molar refractivity (Wildman–Crippen MR) is 64.3 cm³/mol. The number of benzene rings is 1. The average molecular weight is 225 g/mol. The molecule has 0 aliphatic carbocycles. The summed E-state index contributed by atoms with van der Waals surface area (Å²) in [7, 11) is 0. The molecular weight excluding hydrogens is 205 g/mol. The van der Waals surface area contributed by atoms with Crippen LogP contribution in [0.25, 0.3) is 0 Å². The molecule has 3 heteroatoms. The Bertz CT molecular complexity index is 291. The van der Waals surface area contributed by atoms with E-state index < -0.39 is 0 Å². The molecule has 0 aromatic heterocycles. The maximum absolute atomic E-state index is 13.1. The molecule has 2 nitrogen and oxygen atoms in total. The lowest BCUT2D eigenvalue weighted by molar-refractivity contribution is 0.298. The van der Waals surface area contributed by atoms with Crippen LogP contribution in [0.3, 0.4) is 0 Å². The SMILES string of the molecule is CCCCCNCCOc1ccccc1F. The Morgan fingerprint density at radius 2 is 2.00 bits per heavy atom. The number of hydrogen-bond donors (Lipinski definition) is 1. The standard InChI is InChI=1S/C13H20FNO/c1-2-3-6-9-15-10-11-16-13-8-5-4-7-12(13)14/h4-5,7-8,15H,2-3,6,9-11H2,1H3. The molecule has 0 heterocycles. The van der Waals surface area contributed by atoms with Crippen LogP contribution in [0, 0.1) is 5.82 Å². The van der Waals surface area contributed by atoms with Crippen LogP contribution in [0.2, 0.25) is 0 Å². The van der Waals surface area contributed by atoms with Gasteiger partial charge in [0, 0.05) is 6.54 Å². The van der Waals surface area contributed by atoms with Crippen molar-refractivity contribution >= 4 is 0 Å². The summed E-state index contributed by atoms with van der Waals surface area (Å²) in [6.07, 6.45) is 3.67. The molecule has 0 unspecified atom stereocenters. The Kier molecular flexibility index (Phi) is 6.58. The first-order chi connectivity index (χ1) is 7.84. The van der Waals surface area contributed by atoms with Gasteiger partial charge in [-0.15, -0.1) is 0 Å². The van der Waals surface area contributed by atoms with Crippen LogP contribution in [-0.2, 0) is 0 Å². The molecule has 0 saturated carbocycles. The zero-order valence-corrected chi connectivity index (χ0v) is 9.84. The van der Waals surface area contributed by atoms with Gasteiger partial charge in [0.25, 0.3) is 0 Å². The van der Waals surface area contributed by atoms with E-state index in [9.17, 15) is 4.39 Å². The number of unbranched alkanes of at least 4 members (excludes halogenated alkanes) is 2. The van der Waals surface area contributed by atoms with Crippen LogP contribution in [0.15, 0.2) is 24.3 Å². The number of hydrogen-bond acceptors (Lipinski definition) is 2. The van der Waals surface area contributed by atoms with E-state index >= 15 is 0 Å². The van der Waals surface area contributed by atoms with Gasteiger partial charge >= 0.3 is 0 Å². The second-order valence-electron chi connectivity index (χ2n) is 3.74. The number of halogens is 1. The first kappa shape index (κ1) is 13.0. The van der Waals surface area contributed by atoms with Crippen molar-refractivity contribution in [2.45, 2.75) is 26.2 Å². The van der Waals surface area contributed by atoms with Gasteiger partial charge in [-0.2, -0.15) is 0 Å². The topological polar surface area (TPSA) is 21.3 Å². The summed E-state index contributed by atoms with van der Waals surface area (Å²) in [6, 6.07) is 6.48. The van der Waals surface area contributed by atoms with Crippen molar-refractivity contribution in [3.63, 3.8) is 0 Å². The zero-order valence-electron chi connectivity index (χ0n) is 9.84.